The molecule has 0 amide bonds. The molecule has 0 aliphatic carbocycles. The molecule has 0 aromatic carbocycles. The number of carboxylic acid groups (broad SMARTS) is 1. The number of rotatable bonds is 6. The van der Waals surface area contributed by atoms with Gasteiger partial charge in [0.15, 0.2) is 0 Å². The molecule has 0 radical (unpaired) electrons. The van der Waals surface area contributed by atoms with Crippen molar-refractivity contribution in [3.8, 4) is 16.9 Å². The molecule has 2 aromatic heterocycles. The van der Waals surface area contributed by atoms with Crippen molar-refractivity contribution in [1.29, 1.82) is 0 Å². The van der Waals surface area contributed by atoms with Gasteiger partial charge in [-0.1, -0.05) is 0 Å². The lowest BCUT2D eigenvalue weighted by Gasteiger charge is -2.14. The van der Waals surface area contributed by atoms with Crippen molar-refractivity contribution in [3.63, 3.8) is 0 Å². The maximum Gasteiger partial charge on any atom is 0.490 e. The molecule has 0 unspecified atom stereocenters. The van der Waals surface area contributed by atoms with Gasteiger partial charge in [-0.3, -0.25) is 9.67 Å². The van der Waals surface area contributed by atoms with Crippen molar-refractivity contribution in [2.24, 2.45) is 7.05 Å². The molecular formula is C18H23F3N4O3. The molecule has 0 saturated carbocycles. The Balaban J connectivity index is 0.000000345. The monoisotopic (exact) mass is 400 g/mol. The first-order valence-electron chi connectivity index (χ1n) is 8.85. The van der Waals surface area contributed by atoms with Crippen LogP contribution in [0.3, 0.4) is 0 Å². The minimum atomic E-state index is -5.08. The Kier molecular flexibility index (Phi) is 7.80. The van der Waals surface area contributed by atoms with Gasteiger partial charge in [-0.2, -0.15) is 18.3 Å². The van der Waals surface area contributed by atoms with Crippen molar-refractivity contribution in [2.75, 3.05) is 26.2 Å². The van der Waals surface area contributed by atoms with E-state index in [9.17, 15) is 13.2 Å². The van der Waals surface area contributed by atoms with Gasteiger partial charge in [-0.15, -0.1) is 0 Å². The number of aliphatic carboxylic acids is 1. The normalized spacial score (nSPS) is 14.4. The van der Waals surface area contributed by atoms with Crippen LogP contribution in [0.5, 0.6) is 5.75 Å². The fourth-order valence-electron chi connectivity index (χ4n) is 2.71. The molecule has 28 heavy (non-hydrogen) atoms. The predicted molar refractivity (Wildman–Crippen MR) is 95.9 cm³/mol. The lowest BCUT2D eigenvalue weighted by Crippen LogP contribution is -2.21. The van der Waals surface area contributed by atoms with Crippen LogP contribution in [0, 0.1) is 0 Å². The molecule has 0 bridgehead atoms. The minimum Gasteiger partial charge on any atom is -0.492 e. The number of ether oxygens (including phenoxy) is 1. The van der Waals surface area contributed by atoms with Crippen molar-refractivity contribution in [2.45, 2.75) is 25.4 Å². The Bertz CT molecular complexity index is 759. The Morgan fingerprint density at radius 2 is 1.89 bits per heavy atom. The first kappa shape index (κ1) is 21.7. The fraction of sp³-hybridized carbons (Fsp3) is 0.500. The highest BCUT2D eigenvalue weighted by molar-refractivity contribution is 5.73. The van der Waals surface area contributed by atoms with E-state index < -0.39 is 12.1 Å². The van der Waals surface area contributed by atoms with Gasteiger partial charge in [0.1, 0.15) is 5.75 Å². The zero-order valence-electron chi connectivity index (χ0n) is 15.5. The molecule has 7 nitrogen and oxygen atoms in total. The molecule has 0 spiro atoms. The smallest absolute Gasteiger partial charge is 0.490 e. The summed E-state index contributed by atoms with van der Waals surface area (Å²) in [6.07, 6.45) is 6.11. The minimum absolute atomic E-state index is 0.745. The van der Waals surface area contributed by atoms with E-state index in [4.69, 9.17) is 14.6 Å². The highest BCUT2D eigenvalue weighted by Gasteiger charge is 2.38. The molecule has 3 heterocycles. The van der Waals surface area contributed by atoms with Crippen molar-refractivity contribution in [1.82, 2.24) is 19.7 Å². The first-order chi connectivity index (χ1) is 13.3. The van der Waals surface area contributed by atoms with Gasteiger partial charge in [0.05, 0.1) is 19.0 Å². The van der Waals surface area contributed by atoms with Gasteiger partial charge in [0.2, 0.25) is 0 Å². The average molecular weight is 400 g/mol. The molecule has 2 aromatic rings. The summed E-state index contributed by atoms with van der Waals surface area (Å²) in [5.74, 6) is -1.93. The molecule has 1 N–H and O–H groups in total. The number of likely N-dealkylation sites (tertiary alicyclic amines) is 1. The number of aryl methyl sites for hydroxylation is 1. The summed E-state index contributed by atoms with van der Waals surface area (Å²) in [5.41, 5.74) is 2.10. The summed E-state index contributed by atoms with van der Waals surface area (Å²) in [4.78, 5) is 15.7. The summed E-state index contributed by atoms with van der Waals surface area (Å²) in [7, 11) is 1.91. The van der Waals surface area contributed by atoms with Gasteiger partial charge in [0, 0.05) is 37.1 Å². The molecule has 3 rings (SSSR count). The van der Waals surface area contributed by atoms with Crippen LogP contribution in [0.25, 0.3) is 11.1 Å². The maximum absolute atomic E-state index is 10.6. The third-order valence-electron chi connectivity index (χ3n) is 4.08. The fourth-order valence-corrected chi connectivity index (χ4v) is 2.71. The van der Waals surface area contributed by atoms with Crippen molar-refractivity contribution < 1.29 is 27.8 Å². The SMILES string of the molecule is Cn1cc(-c2cncc(OCCCN3CCCC3)c2)cn1.O=C(O)C(F)(F)F. The van der Waals surface area contributed by atoms with Crippen LogP contribution in [0.4, 0.5) is 13.2 Å². The molecule has 10 heteroatoms. The number of alkyl halides is 3. The lowest BCUT2D eigenvalue weighted by molar-refractivity contribution is -0.192. The van der Waals surface area contributed by atoms with Crippen LogP contribution in [0.1, 0.15) is 19.3 Å². The Morgan fingerprint density at radius 1 is 1.21 bits per heavy atom. The maximum atomic E-state index is 10.6. The number of carboxylic acids is 1. The van der Waals surface area contributed by atoms with Crippen LogP contribution in [0.2, 0.25) is 0 Å². The van der Waals surface area contributed by atoms with Crippen LogP contribution in [0.15, 0.2) is 30.9 Å². The highest BCUT2D eigenvalue weighted by atomic mass is 19.4. The quantitative estimate of drug-likeness (QED) is 0.751. The topological polar surface area (TPSA) is 80.5 Å². The van der Waals surface area contributed by atoms with Crippen LogP contribution in [-0.2, 0) is 11.8 Å². The van der Waals surface area contributed by atoms with E-state index in [-0.39, 0.29) is 0 Å². The molecule has 154 valence electrons. The Hall–Kier alpha value is -2.62. The largest absolute Gasteiger partial charge is 0.492 e. The van der Waals surface area contributed by atoms with E-state index in [0.717, 1.165) is 36.4 Å². The van der Waals surface area contributed by atoms with Gasteiger partial charge in [-0.25, -0.2) is 4.79 Å². The van der Waals surface area contributed by atoms with E-state index in [1.165, 1.54) is 25.9 Å². The van der Waals surface area contributed by atoms with Crippen LogP contribution in [-0.4, -0.2) is 63.2 Å². The highest BCUT2D eigenvalue weighted by Crippen LogP contribution is 2.22. The zero-order chi connectivity index (χ0) is 20.6. The van der Waals surface area contributed by atoms with E-state index in [2.05, 4.69) is 15.0 Å². The Morgan fingerprint density at radius 3 is 2.46 bits per heavy atom. The standard InChI is InChI=1S/C16H22N4O.C2HF3O2/c1-19-13-15(11-18-19)14-9-16(12-17-10-14)21-8-4-7-20-5-2-3-6-20;3-2(4,5)1(6)7/h9-13H,2-8H2,1H3;(H,6,7). The van der Waals surface area contributed by atoms with Gasteiger partial charge >= 0.3 is 12.1 Å². The van der Waals surface area contributed by atoms with Crippen LogP contribution >= 0.6 is 0 Å². The third-order valence-corrected chi connectivity index (χ3v) is 4.08. The molecule has 1 aliphatic rings. The molecule has 1 saturated heterocycles. The molecule has 1 aliphatic heterocycles. The second-order valence-corrected chi connectivity index (χ2v) is 6.37. The second kappa shape index (κ2) is 10.1. The zero-order valence-corrected chi connectivity index (χ0v) is 15.5. The van der Waals surface area contributed by atoms with E-state index in [1.54, 1.807) is 10.9 Å². The summed E-state index contributed by atoms with van der Waals surface area (Å²) >= 11 is 0. The molecule has 1 fully saturated rings. The lowest BCUT2D eigenvalue weighted by atomic mass is 10.2. The number of halogens is 3. The van der Waals surface area contributed by atoms with Crippen molar-refractivity contribution in [3.05, 3.63) is 30.9 Å². The number of nitrogens with zero attached hydrogens (tertiary/aromatic N) is 4. The average Bonchev–Trinajstić information content (AvgIpc) is 3.30. The summed E-state index contributed by atoms with van der Waals surface area (Å²) in [6.45, 7) is 4.38. The van der Waals surface area contributed by atoms with Gasteiger partial charge in [-0.05, 0) is 38.4 Å². The summed E-state index contributed by atoms with van der Waals surface area (Å²) in [5, 5.41) is 11.3. The number of hydrogen-bond acceptors (Lipinski definition) is 5. The summed E-state index contributed by atoms with van der Waals surface area (Å²) in [6, 6.07) is 2.03. The number of aromatic nitrogens is 3. The predicted octanol–water partition coefficient (Wildman–Crippen LogP) is 2.98. The van der Waals surface area contributed by atoms with Crippen molar-refractivity contribution >= 4 is 5.97 Å². The van der Waals surface area contributed by atoms with Crippen LogP contribution < -0.4 is 4.74 Å². The number of carbonyl (C=O) groups is 1. The first-order valence-corrected chi connectivity index (χ1v) is 8.85. The van der Waals surface area contributed by atoms with E-state index in [1.807, 2.05) is 31.7 Å². The van der Waals surface area contributed by atoms with E-state index in [0.29, 0.717) is 0 Å². The molecule has 0 atom stereocenters. The second-order valence-electron chi connectivity index (χ2n) is 6.37. The van der Waals surface area contributed by atoms with E-state index >= 15 is 0 Å². The Labute approximate surface area is 160 Å². The molecular weight excluding hydrogens is 377 g/mol. The third kappa shape index (κ3) is 7.18. The van der Waals surface area contributed by atoms with Gasteiger partial charge < -0.3 is 14.7 Å². The number of hydrogen-bond donors (Lipinski definition) is 1. The number of pyridine rings is 1. The van der Waals surface area contributed by atoms with Gasteiger partial charge in [0.25, 0.3) is 0 Å². The summed E-state index contributed by atoms with van der Waals surface area (Å²) < 4.78 is 39.3.